The lowest BCUT2D eigenvalue weighted by Crippen LogP contribution is -2.54. The normalized spacial score (nSPS) is 15.0. The van der Waals surface area contributed by atoms with Crippen LogP contribution in [0.25, 0.3) is 0 Å². The minimum absolute atomic E-state index is 0.0177. The summed E-state index contributed by atoms with van der Waals surface area (Å²) in [6.45, 7) is 4.17. The van der Waals surface area contributed by atoms with E-state index >= 15 is 0 Å². The number of halogens is 3. The molecule has 0 aliphatic carbocycles. The Morgan fingerprint density at radius 3 is 2.32 bits per heavy atom. The Kier molecular flexibility index (Phi) is 11.7. The summed E-state index contributed by atoms with van der Waals surface area (Å²) >= 11 is 0. The van der Waals surface area contributed by atoms with Crippen molar-refractivity contribution in [2.24, 2.45) is 17.2 Å². The van der Waals surface area contributed by atoms with Crippen molar-refractivity contribution in [2.75, 3.05) is 37.8 Å². The van der Waals surface area contributed by atoms with Crippen molar-refractivity contribution in [1.82, 2.24) is 10.2 Å². The molecule has 8 N–H and O–H groups in total. The quantitative estimate of drug-likeness (QED) is 0.113. The van der Waals surface area contributed by atoms with Crippen molar-refractivity contribution in [3.05, 3.63) is 53.6 Å². The van der Waals surface area contributed by atoms with Gasteiger partial charge in [0.2, 0.25) is 11.8 Å². The first-order valence-electron chi connectivity index (χ1n) is 13.9. The summed E-state index contributed by atoms with van der Waals surface area (Å²) < 4.78 is 50.0. The summed E-state index contributed by atoms with van der Waals surface area (Å²) in [5, 5.41) is 13.6. The number of rotatable bonds is 14. The van der Waals surface area contributed by atoms with Crippen LogP contribution < -0.4 is 37.8 Å². The fourth-order valence-electron chi connectivity index (χ4n) is 4.49. The van der Waals surface area contributed by atoms with Crippen LogP contribution in [0.2, 0.25) is 0 Å². The number of carbonyl (C=O) groups excluding carboxylic acids is 3. The largest absolute Gasteiger partial charge is 0.491 e. The van der Waals surface area contributed by atoms with Gasteiger partial charge in [-0.1, -0.05) is 6.07 Å². The molecule has 3 amide bonds. The van der Waals surface area contributed by atoms with Gasteiger partial charge in [0.1, 0.15) is 18.4 Å². The fraction of sp³-hybridized carbons (Fsp3) is 0.464. The third-order valence-electron chi connectivity index (χ3n) is 6.99. The number of nitrogens with one attached hydrogen (secondary N) is 1. The Balaban J connectivity index is 1.74. The van der Waals surface area contributed by atoms with E-state index in [1.165, 1.54) is 24.5 Å². The number of hydrogen-bond donors (Lipinski definition) is 5. The lowest BCUT2D eigenvalue weighted by Gasteiger charge is -2.25. The molecule has 0 aromatic heterocycles. The van der Waals surface area contributed by atoms with Gasteiger partial charge in [-0.25, -0.2) is 0 Å². The predicted octanol–water partition coefficient (Wildman–Crippen LogP) is 0.355. The van der Waals surface area contributed by atoms with E-state index in [4.69, 9.17) is 26.6 Å². The molecule has 1 radical (unpaired) electrons. The monoisotopic (exact) mass is 621 g/mol. The number of alkyl halides is 3. The molecule has 2 aromatic carbocycles. The van der Waals surface area contributed by atoms with Crippen LogP contribution in [0.15, 0.2) is 42.5 Å². The molecule has 0 saturated heterocycles. The molecule has 0 bridgehead atoms. The highest BCUT2D eigenvalue weighted by Crippen LogP contribution is 2.31. The maximum atomic E-state index is 13.4. The van der Waals surface area contributed by atoms with Crippen LogP contribution in [0.4, 0.5) is 18.9 Å². The second kappa shape index (κ2) is 14.9. The van der Waals surface area contributed by atoms with Crippen LogP contribution in [0.1, 0.15) is 37.8 Å². The van der Waals surface area contributed by atoms with E-state index in [0.29, 0.717) is 10.5 Å². The van der Waals surface area contributed by atoms with Crippen LogP contribution in [0.5, 0.6) is 5.75 Å². The van der Waals surface area contributed by atoms with Gasteiger partial charge in [-0.15, -0.1) is 0 Å². The van der Waals surface area contributed by atoms with E-state index in [1.54, 1.807) is 6.07 Å². The van der Waals surface area contributed by atoms with Gasteiger partial charge >= 0.3 is 13.7 Å². The first kappa shape index (κ1) is 34.8. The number of nitrogens with zero attached hydrogens (tertiary/aromatic N) is 2. The zero-order valence-corrected chi connectivity index (χ0v) is 24.5. The van der Waals surface area contributed by atoms with Crippen molar-refractivity contribution < 1.29 is 42.2 Å². The van der Waals surface area contributed by atoms with Crippen molar-refractivity contribution >= 4 is 36.4 Å². The Labute approximate surface area is 253 Å². The Hall–Kier alpha value is -3.70. The molecule has 239 valence electrons. The third kappa shape index (κ3) is 8.92. The maximum absolute atomic E-state index is 13.4. The second-order valence-corrected chi connectivity index (χ2v) is 10.7. The highest BCUT2D eigenvalue weighted by atomic mass is 19.4. The van der Waals surface area contributed by atoms with E-state index in [0.717, 1.165) is 29.8 Å². The lowest BCUT2D eigenvalue weighted by atomic mass is 9.84. The Morgan fingerprint density at radius 1 is 1.09 bits per heavy atom. The van der Waals surface area contributed by atoms with Crippen LogP contribution in [0, 0.1) is 0 Å². The number of amides is 3. The minimum atomic E-state index is -4.56. The predicted molar refractivity (Wildman–Crippen MR) is 156 cm³/mol. The molecule has 12 nitrogen and oxygen atoms in total. The molecule has 1 aliphatic rings. The van der Waals surface area contributed by atoms with Crippen molar-refractivity contribution in [3.63, 3.8) is 0 Å². The molecule has 2 atom stereocenters. The number of hydrogen-bond acceptors (Lipinski definition) is 9. The fourth-order valence-corrected chi connectivity index (χ4v) is 4.49. The summed E-state index contributed by atoms with van der Waals surface area (Å²) in [5.41, 5.74) is 17.1. The van der Waals surface area contributed by atoms with Crippen LogP contribution >= 0.6 is 0 Å². The average molecular weight is 621 g/mol. The number of fused-ring (bicyclic) bond motifs is 1. The molecule has 2 aromatic rings. The number of benzene rings is 2. The molecular formula is C28H37BF3N6O6. The molecule has 0 spiro atoms. The lowest BCUT2D eigenvalue weighted by molar-refractivity contribution is -0.137. The highest BCUT2D eigenvalue weighted by molar-refractivity contribution is 6.49. The number of nitrogens with two attached hydrogens (primary N) is 3. The third-order valence-corrected chi connectivity index (χ3v) is 6.99. The van der Waals surface area contributed by atoms with Crippen LogP contribution in [0.3, 0.4) is 0 Å². The van der Waals surface area contributed by atoms with Gasteiger partial charge in [0.15, 0.2) is 0 Å². The summed E-state index contributed by atoms with van der Waals surface area (Å²) in [6.07, 6.45) is -4.72. The second-order valence-electron chi connectivity index (χ2n) is 10.7. The first-order valence-corrected chi connectivity index (χ1v) is 13.9. The van der Waals surface area contributed by atoms with Gasteiger partial charge in [-0.3, -0.25) is 19.6 Å². The van der Waals surface area contributed by atoms with E-state index in [-0.39, 0.29) is 56.4 Å². The SMILES string of the molecule is CC1(C)O[B]c2cc(N(O)C(=O)[C@@H](COc3ccc(C(F)(F)F)cc3)NC(=O)[C@@H](N)CCC(=O)N(CCN)CCN)ccc21. The zero-order valence-electron chi connectivity index (χ0n) is 24.5. The molecule has 44 heavy (non-hydrogen) atoms. The van der Waals surface area contributed by atoms with Gasteiger partial charge in [-0.05, 0) is 67.7 Å². The van der Waals surface area contributed by atoms with Gasteiger partial charge in [0.05, 0.1) is 22.9 Å². The van der Waals surface area contributed by atoms with E-state index < -0.39 is 47.8 Å². The molecular weight excluding hydrogens is 584 g/mol. The molecule has 0 unspecified atom stereocenters. The molecule has 16 heteroatoms. The van der Waals surface area contributed by atoms with Gasteiger partial charge in [0, 0.05) is 32.6 Å². The Morgan fingerprint density at radius 2 is 1.73 bits per heavy atom. The van der Waals surface area contributed by atoms with Crippen LogP contribution in [-0.2, 0) is 30.8 Å². The molecule has 1 aliphatic heterocycles. The van der Waals surface area contributed by atoms with Crippen molar-refractivity contribution in [2.45, 2.75) is 50.6 Å². The topological polar surface area (TPSA) is 186 Å². The number of anilines is 1. The molecule has 3 rings (SSSR count). The summed E-state index contributed by atoms with van der Waals surface area (Å²) in [6, 6.07) is 5.68. The standard InChI is InChI=1S/C28H37BF3N6O6/c1-27(2)20-8-5-18(15-21(20)29-44-27)38(42)26(41)23(16-43-19-6-3-17(4-7-19)28(30,31)32)36-25(40)22(35)9-10-24(39)37(13-11-33)14-12-34/h3-8,15,22-23,42H,9-14,16,33-35H2,1-2H3,(H,36,40)/t22-,23+/m0/s1. The maximum Gasteiger partial charge on any atom is 0.416 e. The van der Waals surface area contributed by atoms with E-state index in [1.807, 2.05) is 13.8 Å². The van der Waals surface area contributed by atoms with E-state index in [9.17, 15) is 32.8 Å². The van der Waals surface area contributed by atoms with Gasteiger partial charge in [-0.2, -0.15) is 18.2 Å². The number of hydroxylamine groups is 1. The van der Waals surface area contributed by atoms with Gasteiger partial charge < -0.3 is 36.8 Å². The number of carbonyl (C=O) groups is 3. The summed E-state index contributed by atoms with van der Waals surface area (Å²) in [5.74, 6) is -2.15. The molecule has 0 fully saturated rings. The number of ether oxygens (including phenoxy) is 1. The van der Waals surface area contributed by atoms with Gasteiger partial charge in [0.25, 0.3) is 5.91 Å². The first-order chi connectivity index (χ1) is 20.7. The van der Waals surface area contributed by atoms with Crippen molar-refractivity contribution in [1.29, 1.82) is 0 Å². The van der Waals surface area contributed by atoms with Crippen molar-refractivity contribution in [3.8, 4) is 5.75 Å². The highest BCUT2D eigenvalue weighted by Gasteiger charge is 2.34. The molecule has 0 saturated carbocycles. The summed E-state index contributed by atoms with van der Waals surface area (Å²) in [7, 11) is 1.49. The molecule has 1 heterocycles. The summed E-state index contributed by atoms with van der Waals surface area (Å²) in [4.78, 5) is 40.4. The van der Waals surface area contributed by atoms with E-state index in [2.05, 4.69) is 5.32 Å². The zero-order chi connectivity index (χ0) is 32.7. The Bertz CT molecular complexity index is 1310. The average Bonchev–Trinajstić information content (AvgIpc) is 3.29. The minimum Gasteiger partial charge on any atom is -0.491 e. The van der Waals surface area contributed by atoms with Crippen LogP contribution in [-0.4, -0.2) is 80.2 Å². The smallest absolute Gasteiger partial charge is 0.416 e.